The van der Waals surface area contributed by atoms with Crippen molar-refractivity contribution in [3.63, 3.8) is 0 Å². The van der Waals surface area contributed by atoms with Crippen LogP contribution in [0.5, 0.6) is 5.75 Å². The monoisotopic (exact) mass is 347 g/mol. The maximum atomic E-state index is 13.8. The molecule has 3 rings (SSSR count). The summed E-state index contributed by atoms with van der Waals surface area (Å²) in [5.41, 5.74) is 1.32. The lowest BCUT2D eigenvalue weighted by Crippen LogP contribution is -2.06. The van der Waals surface area contributed by atoms with Gasteiger partial charge in [-0.2, -0.15) is 0 Å². The van der Waals surface area contributed by atoms with Crippen LogP contribution < -0.4 is 10.1 Å². The molecular formula is C16H15ClFN5O. The molecule has 0 atom stereocenters. The predicted octanol–water partition coefficient (Wildman–Crippen LogP) is 3.19. The van der Waals surface area contributed by atoms with Gasteiger partial charge in [-0.15, -0.1) is 0 Å². The van der Waals surface area contributed by atoms with Gasteiger partial charge in [0, 0.05) is 19.2 Å². The van der Waals surface area contributed by atoms with E-state index in [0.717, 1.165) is 5.56 Å². The first-order chi connectivity index (χ1) is 11.6. The Balaban J connectivity index is 1.64. The second-order valence-corrected chi connectivity index (χ2v) is 5.52. The molecule has 1 aromatic heterocycles. The number of ether oxygens (including phenoxy) is 1. The van der Waals surface area contributed by atoms with Crippen molar-refractivity contribution in [2.45, 2.75) is 13.2 Å². The van der Waals surface area contributed by atoms with Crippen LogP contribution in [0.15, 0.2) is 42.5 Å². The number of benzene rings is 2. The average Bonchev–Trinajstić information content (AvgIpc) is 2.98. The topological polar surface area (TPSA) is 64.9 Å². The molecule has 8 heteroatoms. The Labute approximate surface area is 143 Å². The number of nitrogens with one attached hydrogen (secondary N) is 1. The van der Waals surface area contributed by atoms with Crippen LogP contribution in [0, 0.1) is 5.82 Å². The van der Waals surface area contributed by atoms with Gasteiger partial charge in [0.2, 0.25) is 5.95 Å². The predicted molar refractivity (Wildman–Crippen MR) is 88.3 cm³/mol. The number of rotatable bonds is 6. The van der Waals surface area contributed by atoms with Crippen molar-refractivity contribution in [2.24, 2.45) is 7.05 Å². The third kappa shape index (κ3) is 3.80. The van der Waals surface area contributed by atoms with E-state index in [0.29, 0.717) is 28.8 Å². The summed E-state index contributed by atoms with van der Waals surface area (Å²) in [6.45, 7) is 0.599. The average molecular weight is 348 g/mol. The van der Waals surface area contributed by atoms with Gasteiger partial charge in [0.25, 0.3) is 0 Å². The summed E-state index contributed by atoms with van der Waals surface area (Å²) in [5, 5.41) is 14.6. The summed E-state index contributed by atoms with van der Waals surface area (Å²) in [7, 11) is 1.75. The van der Waals surface area contributed by atoms with Gasteiger partial charge in [-0.1, -0.05) is 34.9 Å². The SMILES string of the molecule is Cn1nnnc1NCc1cccc(OCc2c(F)cccc2Cl)c1. The highest BCUT2D eigenvalue weighted by atomic mass is 35.5. The van der Waals surface area contributed by atoms with Crippen molar-refractivity contribution in [3.8, 4) is 5.75 Å². The maximum Gasteiger partial charge on any atom is 0.242 e. The molecule has 0 saturated heterocycles. The Bertz CT molecular complexity index is 819. The van der Waals surface area contributed by atoms with Crippen LogP contribution in [-0.2, 0) is 20.2 Å². The minimum Gasteiger partial charge on any atom is -0.489 e. The Kier molecular flexibility index (Phi) is 4.90. The first kappa shape index (κ1) is 16.2. The van der Waals surface area contributed by atoms with Crippen LogP contribution in [0.1, 0.15) is 11.1 Å². The smallest absolute Gasteiger partial charge is 0.242 e. The molecule has 0 spiro atoms. The fourth-order valence-corrected chi connectivity index (χ4v) is 2.35. The quantitative estimate of drug-likeness (QED) is 0.741. The van der Waals surface area contributed by atoms with Crippen molar-refractivity contribution in [2.75, 3.05) is 5.32 Å². The van der Waals surface area contributed by atoms with Crippen molar-refractivity contribution in [3.05, 3.63) is 64.4 Å². The molecule has 0 fully saturated rings. The van der Waals surface area contributed by atoms with Crippen LogP contribution >= 0.6 is 11.6 Å². The highest BCUT2D eigenvalue weighted by Crippen LogP contribution is 2.22. The van der Waals surface area contributed by atoms with E-state index < -0.39 is 0 Å². The summed E-state index contributed by atoms with van der Waals surface area (Å²) >= 11 is 6.00. The van der Waals surface area contributed by atoms with Crippen LogP contribution in [-0.4, -0.2) is 20.2 Å². The molecule has 24 heavy (non-hydrogen) atoms. The molecule has 1 heterocycles. The summed E-state index contributed by atoms with van der Waals surface area (Å²) in [4.78, 5) is 0. The Morgan fingerprint density at radius 1 is 1.25 bits per heavy atom. The second-order valence-electron chi connectivity index (χ2n) is 5.12. The highest BCUT2D eigenvalue weighted by Gasteiger charge is 2.08. The fourth-order valence-electron chi connectivity index (χ4n) is 2.13. The molecule has 3 aromatic rings. The molecule has 0 unspecified atom stereocenters. The van der Waals surface area contributed by atoms with Crippen molar-refractivity contribution < 1.29 is 9.13 Å². The van der Waals surface area contributed by atoms with Crippen LogP contribution in [0.25, 0.3) is 0 Å². The van der Waals surface area contributed by atoms with Gasteiger partial charge in [0.05, 0.1) is 5.02 Å². The van der Waals surface area contributed by atoms with Gasteiger partial charge < -0.3 is 10.1 Å². The third-order valence-corrected chi connectivity index (χ3v) is 3.77. The Morgan fingerprint density at radius 3 is 2.83 bits per heavy atom. The van der Waals surface area contributed by atoms with Gasteiger partial charge in [-0.3, -0.25) is 0 Å². The minimum absolute atomic E-state index is 0.0651. The van der Waals surface area contributed by atoms with E-state index in [-0.39, 0.29) is 12.4 Å². The standard InChI is InChI=1S/C16H15ClFN5O/c1-23-16(20-21-22-23)19-9-11-4-2-5-12(8-11)24-10-13-14(17)6-3-7-15(13)18/h2-8H,9-10H2,1H3,(H,19,20,22). The molecular weight excluding hydrogens is 333 g/mol. The number of aryl methyl sites for hydroxylation is 1. The minimum atomic E-state index is -0.380. The van der Waals surface area contributed by atoms with Gasteiger partial charge >= 0.3 is 0 Å². The normalized spacial score (nSPS) is 10.6. The molecule has 124 valence electrons. The zero-order valence-corrected chi connectivity index (χ0v) is 13.7. The van der Waals surface area contributed by atoms with E-state index in [4.69, 9.17) is 16.3 Å². The van der Waals surface area contributed by atoms with E-state index >= 15 is 0 Å². The highest BCUT2D eigenvalue weighted by molar-refractivity contribution is 6.31. The van der Waals surface area contributed by atoms with Crippen molar-refractivity contribution in [1.29, 1.82) is 0 Å². The van der Waals surface area contributed by atoms with E-state index in [1.165, 1.54) is 6.07 Å². The number of halogens is 2. The Morgan fingerprint density at radius 2 is 2.08 bits per heavy atom. The number of anilines is 1. The zero-order chi connectivity index (χ0) is 16.9. The van der Waals surface area contributed by atoms with E-state index in [9.17, 15) is 4.39 Å². The molecule has 0 radical (unpaired) electrons. The summed E-state index contributed by atoms with van der Waals surface area (Å²) < 4.78 is 21.0. The fraction of sp³-hybridized carbons (Fsp3) is 0.188. The number of tetrazole rings is 1. The zero-order valence-electron chi connectivity index (χ0n) is 12.9. The Hall–Kier alpha value is -2.67. The molecule has 0 aliphatic carbocycles. The maximum absolute atomic E-state index is 13.8. The lowest BCUT2D eigenvalue weighted by molar-refractivity contribution is 0.299. The molecule has 6 nitrogen and oxygen atoms in total. The molecule has 2 aromatic carbocycles. The summed E-state index contributed by atoms with van der Waals surface area (Å²) in [5.74, 6) is 0.819. The lowest BCUT2D eigenvalue weighted by atomic mass is 10.2. The van der Waals surface area contributed by atoms with Gasteiger partial charge in [-0.25, -0.2) is 9.07 Å². The van der Waals surface area contributed by atoms with Crippen molar-refractivity contribution >= 4 is 17.5 Å². The first-order valence-electron chi connectivity index (χ1n) is 7.24. The molecule has 1 N–H and O–H groups in total. The van der Waals surface area contributed by atoms with E-state index in [2.05, 4.69) is 20.8 Å². The van der Waals surface area contributed by atoms with Gasteiger partial charge in [-0.05, 0) is 40.3 Å². The van der Waals surface area contributed by atoms with E-state index in [1.54, 1.807) is 23.9 Å². The lowest BCUT2D eigenvalue weighted by Gasteiger charge is -2.10. The van der Waals surface area contributed by atoms with Crippen LogP contribution in [0.3, 0.4) is 0 Å². The summed E-state index contributed by atoms with van der Waals surface area (Å²) in [6, 6.07) is 12.0. The number of nitrogens with zero attached hydrogens (tertiary/aromatic N) is 4. The van der Waals surface area contributed by atoms with E-state index in [1.807, 2.05) is 24.3 Å². The molecule has 0 aliphatic rings. The number of hydrogen-bond acceptors (Lipinski definition) is 5. The second kappa shape index (κ2) is 7.27. The van der Waals surface area contributed by atoms with Crippen LogP contribution in [0.4, 0.5) is 10.3 Å². The van der Waals surface area contributed by atoms with Gasteiger partial charge in [0.15, 0.2) is 0 Å². The largest absolute Gasteiger partial charge is 0.489 e. The molecule has 0 bridgehead atoms. The molecule has 0 amide bonds. The summed E-state index contributed by atoms with van der Waals surface area (Å²) in [6.07, 6.45) is 0. The number of hydrogen-bond donors (Lipinski definition) is 1. The number of aromatic nitrogens is 4. The third-order valence-electron chi connectivity index (χ3n) is 3.41. The van der Waals surface area contributed by atoms with Crippen molar-refractivity contribution in [1.82, 2.24) is 20.2 Å². The van der Waals surface area contributed by atoms with Gasteiger partial charge in [0.1, 0.15) is 18.2 Å². The first-order valence-corrected chi connectivity index (χ1v) is 7.62. The van der Waals surface area contributed by atoms with Crippen LogP contribution in [0.2, 0.25) is 5.02 Å². The molecule has 0 aliphatic heterocycles. The molecule has 0 saturated carbocycles.